The van der Waals surface area contributed by atoms with Crippen LogP contribution in [-0.4, -0.2) is 11.1 Å². The molecule has 64 valence electrons. The van der Waals surface area contributed by atoms with E-state index in [9.17, 15) is 4.79 Å². The second-order valence-electron chi connectivity index (χ2n) is 2.34. The van der Waals surface area contributed by atoms with Gasteiger partial charge < -0.3 is 5.11 Å². The smallest absolute Gasteiger partial charge is 0.336 e. The van der Waals surface area contributed by atoms with E-state index in [1.807, 2.05) is 0 Å². The summed E-state index contributed by atoms with van der Waals surface area (Å²) in [5, 5.41) is 9.36. The van der Waals surface area contributed by atoms with Crippen molar-refractivity contribution < 1.29 is 9.90 Å². The minimum Gasteiger partial charge on any atom is -0.478 e. The Labute approximate surface area is 79.7 Å². The van der Waals surface area contributed by atoms with Crippen molar-refractivity contribution in [3.63, 3.8) is 0 Å². The van der Waals surface area contributed by atoms with Gasteiger partial charge in [-0.2, -0.15) is 0 Å². The Balaban J connectivity index is 3.36. The molecule has 0 aliphatic rings. The van der Waals surface area contributed by atoms with E-state index in [2.05, 4.69) is 0 Å². The standard InChI is InChI=1S/C8H6Cl2O2/c1-4-5(8(11)12)2-3-6(9)7(4)10/h2-3H,1H3,(H,11,12). The Morgan fingerprint density at radius 3 is 2.50 bits per heavy atom. The van der Waals surface area contributed by atoms with Gasteiger partial charge in [0.15, 0.2) is 0 Å². The predicted molar refractivity (Wildman–Crippen MR) is 48.2 cm³/mol. The highest BCUT2D eigenvalue weighted by molar-refractivity contribution is 6.42. The fraction of sp³-hybridized carbons (Fsp3) is 0.125. The van der Waals surface area contributed by atoms with Crippen LogP contribution in [0.15, 0.2) is 12.1 Å². The molecule has 0 aromatic heterocycles. The van der Waals surface area contributed by atoms with Crippen LogP contribution >= 0.6 is 23.2 Å². The maximum atomic E-state index is 10.6. The van der Waals surface area contributed by atoms with E-state index in [0.29, 0.717) is 15.6 Å². The average Bonchev–Trinajstić information content (AvgIpc) is 2.00. The van der Waals surface area contributed by atoms with Crippen molar-refractivity contribution in [3.8, 4) is 0 Å². The molecular weight excluding hydrogens is 199 g/mol. The summed E-state index contributed by atoms with van der Waals surface area (Å²) in [6.45, 7) is 1.62. The first-order chi connectivity index (χ1) is 5.54. The Kier molecular flexibility index (Phi) is 2.60. The van der Waals surface area contributed by atoms with Gasteiger partial charge in [-0.1, -0.05) is 23.2 Å². The molecule has 0 aliphatic carbocycles. The van der Waals surface area contributed by atoms with E-state index in [0.717, 1.165) is 0 Å². The zero-order chi connectivity index (χ0) is 9.30. The van der Waals surface area contributed by atoms with E-state index < -0.39 is 5.97 Å². The first kappa shape index (κ1) is 9.36. The number of carbonyl (C=O) groups is 1. The summed E-state index contributed by atoms with van der Waals surface area (Å²) in [6, 6.07) is 2.91. The van der Waals surface area contributed by atoms with E-state index in [1.165, 1.54) is 12.1 Å². The van der Waals surface area contributed by atoms with Gasteiger partial charge in [0.2, 0.25) is 0 Å². The van der Waals surface area contributed by atoms with Crippen LogP contribution < -0.4 is 0 Å². The van der Waals surface area contributed by atoms with Crippen LogP contribution in [0.2, 0.25) is 10.0 Å². The molecule has 0 unspecified atom stereocenters. The van der Waals surface area contributed by atoms with E-state index in [1.54, 1.807) is 6.92 Å². The summed E-state index contributed by atoms with van der Waals surface area (Å²) < 4.78 is 0. The lowest BCUT2D eigenvalue weighted by Crippen LogP contribution is -1.99. The molecule has 0 radical (unpaired) electrons. The lowest BCUT2D eigenvalue weighted by Gasteiger charge is -2.03. The van der Waals surface area contributed by atoms with E-state index in [-0.39, 0.29) is 5.56 Å². The van der Waals surface area contributed by atoms with Crippen molar-refractivity contribution in [2.24, 2.45) is 0 Å². The summed E-state index contributed by atoms with van der Waals surface area (Å²) in [5.41, 5.74) is 0.682. The van der Waals surface area contributed by atoms with Crippen molar-refractivity contribution >= 4 is 29.2 Å². The molecule has 12 heavy (non-hydrogen) atoms. The molecule has 1 N–H and O–H groups in total. The summed E-state index contributed by atoms with van der Waals surface area (Å²) in [7, 11) is 0. The minimum atomic E-state index is -0.994. The number of halogens is 2. The van der Waals surface area contributed by atoms with Crippen molar-refractivity contribution in [2.45, 2.75) is 6.92 Å². The third-order valence-corrected chi connectivity index (χ3v) is 2.47. The molecule has 0 fully saturated rings. The molecule has 2 nitrogen and oxygen atoms in total. The van der Waals surface area contributed by atoms with E-state index >= 15 is 0 Å². The lowest BCUT2D eigenvalue weighted by atomic mass is 10.1. The predicted octanol–water partition coefficient (Wildman–Crippen LogP) is 3.00. The van der Waals surface area contributed by atoms with Gasteiger partial charge in [0.05, 0.1) is 15.6 Å². The molecule has 0 amide bonds. The third-order valence-electron chi connectivity index (χ3n) is 1.57. The monoisotopic (exact) mass is 204 g/mol. The van der Waals surface area contributed by atoms with Crippen LogP contribution in [0, 0.1) is 6.92 Å². The van der Waals surface area contributed by atoms with Gasteiger partial charge in [-0.05, 0) is 24.6 Å². The average molecular weight is 205 g/mol. The fourth-order valence-corrected chi connectivity index (χ4v) is 1.25. The highest BCUT2D eigenvalue weighted by atomic mass is 35.5. The second-order valence-corrected chi connectivity index (χ2v) is 3.12. The van der Waals surface area contributed by atoms with Gasteiger partial charge >= 0.3 is 5.97 Å². The van der Waals surface area contributed by atoms with Crippen LogP contribution in [0.5, 0.6) is 0 Å². The number of hydrogen-bond acceptors (Lipinski definition) is 1. The number of rotatable bonds is 1. The quantitative estimate of drug-likeness (QED) is 0.764. The Morgan fingerprint density at radius 1 is 1.42 bits per heavy atom. The van der Waals surface area contributed by atoms with Gasteiger partial charge in [0.1, 0.15) is 0 Å². The molecule has 0 spiro atoms. The summed E-state index contributed by atoms with van der Waals surface area (Å²) in [6.07, 6.45) is 0. The molecule has 1 rings (SSSR count). The Hall–Kier alpha value is -0.730. The van der Waals surface area contributed by atoms with Crippen molar-refractivity contribution in [2.75, 3.05) is 0 Å². The Bertz CT molecular complexity index is 334. The molecule has 0 saturated carbocycles. The maximum absolute atomic E-state index is 10.6. The highest BCUT2D eigenvalue weighted by Crippen LogP contribution is 2.27. The van der Waals surface area contributed by atoms with Gasteiger partial charge in [-0.3, -0.25) is 0 Å². The SMILES string of the molecule is Cc1c(C(=O)O)ccc(Cl)c1Cl. The molecule has 1 aromatic rings. The van der Waals surface area contributed by atoms with Gasteiger partial charge in [0.25, 0.3) is 0 Å². The molecular formula is C8H6Cl2O2. The van der Waals surface area contributed by atoms with Crippen LogP contribution in [-0.2, 0) is 0 Å². The van der Waals surface area contributed by atoms with Crippen LogP contribution in [0.1, 0.15) is 15.9 Å². The topological polar surface area (TPSA) is 37.3 Å². The highest BCUT2D eigenvalue weighted by Gasteiger charge is 2.11. The minimum absolute atomic E-state index is 0.185. The number of aromatic carboxylic acids is 1. The van der Waals surface area contributed by atoms with E-state index in [4.69, 9.17) is 28.3 Å². The number of benzene rings is 1. The second kappa shape index (κ2) is 3.33. The number of carboxylic acids is 1. The lowest BCUT2D eigenvalue weighted by molar-refractivity contribution is 0.0696. The molecule has 0 heterocycles. The van der Waals surface area contributed by atoms with Crippen molar-refractivity contribution in [1.82, 2.24) is 0 Å². The molecule has 0 aliphatic heterocycles. The summed E-state index contributed by atoms with van der Waals surface area (Å²) in [5.74, 6) is -0.994. The summed E-state index contributed by atoms with van der Waals surface area (Å²) >= 11 is 11.4. The number of carboxylic acid groups (broad SMARTS) is 1. The largest absolute Gasteiger partial charge is 0.478 e. The molecule has 4 heteroatoms. The van der Waals surface area contributed by atoms with Crippen LogP contribution in [0.3, 0.4) is 0 Å². The first-order valence-corrected chi connectivity index (χ1v) is 3.97. The fourth-order valence-electron chi connectivity index (χ4n) is 0.884. The van der Waals surface area contributed by atoms with Crippen LogP contribution in [0.4, 0.5) is 0 Å². The molecule has 1 aromatic carbocycles. The maximum Gasteiger partial charge on any atom is 0.336 e. The first-order valence-electron chi connectivity index (χ1n) is 3.22. The normalized spacial score (nSPS) is 9.92. The molecule has 0 bridgehead atoms. The third kappa shape index (κ3) is 1.54. The zero-order valence-electron chi connectivity index (χ0n) is 6.27. The van der Waals surface area contributed by atoms with Crippen LogP contribution in [0.25, 0.3) is 0 Å². The van der Waals surface area contributed by atoms with Gasteiger partial charge in [0, 0.05) is 0 Å². The zero-order valence-corrected chi connectivity index (χ0v) is 7.78. The van der Waals surface area contributed by atoms with Crippen molar-refractivity contribution in [1.29, 1.82) is 0 Å². The van der Waals surface area contributed by atoms with Gasteiger partial charge in [-0.15, -0.1) is 0 Å². The molecule has 0 atom stereocenters. The van der Waals surface area contributed by atoms with Gasteiger partial charge in [-0.25, -0.2) is 4.79 Å². The Morgan fingerprint density at radius 2 is 2.00 bits per heavy atom. The van der Waals surface area contributed by atoms with Crippen molar-refractivity contribution in [3.05, 3.63) is 33.3 Å². The summed E-state index contributed by atoms with van der Waals surface area (Å²) in [4.78, 5) is 10.6. The molecule has 0 saturated heterocycles. The number of hydrogen-bond donors (Lipinski definition) is 1.